The third kappa shape index (κ3) is 4.53. The second-order valence-corrected chi connectivity index (χ2v) is 9.85. The van der Waals surface area contributed by atoms with Gasteiger partial charge in [-0.05, 0) is 56.1 Å². The van der Waals surface area contributed by atoms with Crippen molar-refractivity contribution in [3.63, 3.8) is 0 Å². The molecule has 2 aromatic heterocycles. The van der Waals surface area contributed by atoms with Crippen molar-refractivity contribution < 1.29 is 23.6 Å². The van der Waals surface area contributed by atoms with Gasteiger partial charge in [0.2, 0.25) is 5.82 Å². The summed E-state index contributed by atoms with van der Waals surface area (Å²) in [7, 11) is 0. The lowest BCUT2D eigenvalue weighted by molar-refractivity contribution is -0.153. The highest BCUT2D eigenvalue weighted by atomic mass is 16.6. The number of carbonyl (C=O) groups is 3. The lowest BCUT2D eigenvalue weighted by Crippen LogP contribution is -2.51. The Morgan fingerprint density at radius 3 is 2.74 bits per heavy atom. The number of carbonyl (C=O) groups excluding carboxylic acids is 3. The van der Waals surface area contributed by atoms with Crippen LogP contribution in [0, 0.1) is 11.3 Å². The minimum absolute atomic E-state index is 0.109. The molecule has 3 heterocycles. The largest absolute Gasteiger partial charge is 0.451 e. The van der Waals surface area contributed by atoms with E-state index in [4.69, 9.17) is 9.26 Å². The van der Waals surface area contributed by atoms with E-state index in [2.05, 4.69) is 41.2 Å². The summed E-state index contributed by atoms with van der Waals surface area (Å²) in [6, 6.07) is 2.97. The molecule has 2 aromatic rings. The molecule has 10 heteroatoms. The Kier molecular flexibility index (Phi) is 6.42. The number of esters is 1. The molecule has 0 bridgehead atoms. The molecule has 10 nitrogen and oxygen atoms in total. The van der Waals surface area contributed by atoms with E-state index in [0.717, 1.165) is 24.2 Å². The molecule has 3 amide bonds. The number of imide groups is 1. The van der Waals surface area contributed by atoms with Crippen LogP contribution < -0.4 is 5.32 Å². The summed E-state index contributed by atoms with van der Waals surface area (Å²) in [5.74, 6) is -0.151. The zero-order chi connectivity index (χ0) is 24.5. The van der Waals surface area contributed by atoms with E-state index in [0.29, 0.717) is 30.1 Å². The summed E-state index contributed by atoms with van der Waals surface area (Å²) in [4.78, 5) is 47.5. The summed E-state index contributed by atoms with van der Waals surface area (Å²) in [6.07, 6.45) is 6.32. The van der Waals surface area contributed by atoms with E-state index in [9.17, 15) is 14.4 Å². The van der Waals surface area contributed by atoms with Crippen LogP contribution in [0.25, 0.3) is 11.4 Å². The standard InChI is InChI=1S/C24H31N5O5/c1-5-23(3,4)17-8-10-24(11-9-17)21(31)29(22(32)27-24)14-18(30)33-15(2)20-26-19(28-34-20)16-7-6-12-25-13-16/h6-7,12-13,15,17H,5,8-11,14H2,1-4H3,(H,27,32). The fourth-order valence-electron chi connectivity index (χ4n) is 4.77. The zero-order valence-corrected chi connectivity index (χ0v) is 20.0. The Morgan fingerprint density at radius 2 is 2.09 bits per heavy atom. The number of pyridine rings is 1. The smallest absolute Gasteiger partial charge is 0.327 e. The predicted molar refractivity (Wildman–Crippen MR) is 121 cm³/mol. The normalized spacial score (nSPS) is 23.8. The maximum atomic E-state index is 13.2. The first-order chi connectivity index (χ1) is 16.1. The molecule has 182 valence electrons. The third-order valence-electron chi connectivity index (χ3n) is 7.41. The highest BCUT2D eigenvalue weighted by molar-refractivity contribution is 6.08. The van der Waals surface area contributed by atoms with Crippen molar-refractivity contribution in [3.05, 3.63) is 30.4 Å². The Bertz CT molecular complexity index is 1060. The highest BCUT2D eigenvalue weighted by Crippen LogP contribution is 2.45. The molecule has 1 N–H and O–H groups in total. The molecule has 1 spiro atoms. The van der Waals surface area contributed by atoms with Crippen molar-refractivity contribution in [1.82, 2.24) is 25.3 Å². The van der Waals surface area contributed by atoms with Gasteiger partial charge >= 0.3 is 12.0 Å². The molecule has 2 aliphatic rings. The van der Waals surface area contributed by atoms with Crippen LogP contribution in [-0.4, -0.2) is 50.0 Å². The van der Waals surface area contributed by atoms with Crippen LogP contribution in [0.3, 0.4) is 0 Å². The van der Waals surface area contributed by atoms with Crippen LogP contribution in [0.4, 0.5) is 4.79 Å². The van der Waals surface area contributed by atoms with Crippen LogP contribution in [0.1, 0.15) is 71.8 Å². The summed E-state index contributed by atoms with van der Waals surface area (Å²) >= 11 is 0. The molecule has 2 fully saturated rings. The Morgan fingerprint density at radius 1 is 1.35 bits per heavy atom. The minimum atomic E-state index is -0.922. The van der Waals surface area contributed by atoms with Crippen LogP contribution >= 0.6 is 0 Å². The molecule has 1 unspecified atom stereocenters. The van der Waals surface area contributed by atoms with Gasteiger partial charge in [0, 0.05) is 18.0 Å². The number of aromatic nitrogens is 3. The predicted octanol–water partition coefficient (Wildman–Crippen LogP) is 3.65. The molecule has 1 aliphatic carbocycles. The van der Waals surface area contributed by atoms with Gasteiger partial charge in [-0.2, -0.15) is 4.98 Å². The molecule has 4 rings (SSSR count). The van der Waals surface area contributed by atoms with Gasteiger partial charge in [0.05, 0.1) is 0 Å². The van der Waals surface area contributed by atoms with E-state index in [1.54, 1.807) is 31.5 Å². The molecule has 34 heavy (non-hydrogen) atoms. The van der Waals surface area contributed by atoms with Gasteiger partial charge in [0.25, 0.3) is 11.8 Å². The van der Waals surface area contributed by atoms with Gasteiger partial charge in [0.15, 0.2) is 6.10 Å². The van der Waals surface area contributed by atoms with Crippen molar-refractivity contribution >= 4 is 17.9 Å². The summed E-state index contributed by atoms with van der Waals surface area (Å²) in [5, 5.41) is 6.74. The van der Waals surface area contributed by atoms with Crippen molar-refractivity contribution in [2.75, 3.05) is 6.54 Å². The van der Waals surface area contributed by atoms with Gasteiger partial charge in [-0.15, -0.1) is 0 Å². The first-order valence-electron chi connectivity index (χ1n) is 11.7. The van der Waals surface area contributed by atoms with Gasteiger partial charge in [-0.3, -0.25) is 19.5 Å². The number of nitrogens with one attached hydrogen (secondary N) is 1. The number of rotatable bonds is 7. The number of hydrogen-bond acceptors (Lipinski definition) is 8. The van der Waals surface area contributed by atoms with Crippen LogP contribution in [0.2, 0.25) is 0 Å². The lowest BCUT2D eigenvalue weighted by atomic mass is 9.65. The number of ether oxygens (including phenoxy) is 1. The van der Waals surface area contributed by atoms with Crippen molar-refractivity contribution in [3.8, 4) is 11.4 Å². The number of urea groups is 1. The van der Waals surface area contributed by atoms with Crippen molar-refractivity contribution in [2.24, 2.45) is 11.3 Å². The lowest BCUT2D eigenvalue weighted by Gasteiger charge is -2.42. The molecule has 1 aliphatic heterocycles. The summed E-state index contributed by atoms with van der Waals surface area (Å²) in [6.45, 7) is 7.79. The second kappa shape index (κ2) is 9.15. The zero-order valence-electron chi connectivity index (χ0n) is 20.0. The van der Waals surface area contributed by atoms with Gasteiger partial charge < -0.3 is 14.6 Å². The maximum absolute atomic E-state index is 13.2. The van der Waals surface area contributed by atoms with E-state index in [1.807, 2.05) is 0 Å². The van der Waals surface area contributed by atoms with Gasteiger partial charge in [-0.25, -0.2) is 4.79 Å². The van der Waals surface area contributed by atoms with E-state index < -0.39 is 30.2 Å². The topological polar surface area (TPSA) is 128 Å². The Hall–Kier alpha value is -3.30. The van der Waals surface area contributed by atoms with Crippen molar-refractivity contribution in [2.45, 2.75) is 71.4 Å². The van der Waals surface area contributed by atoms with Crippen LogP contribution in [0.5, 0.6) is 0 Å². The molecular weight excluding hydrogens is 438 g/mol. The summed E-state index contributed by atoms with van der Waals surface area (Å²) in [5.41, 5.74) is -0.0647. The van der Waals surface area contributed by atoms with E-state index in [1.165, 1.54) is 0 Å². The number of hydrogen-bond donors (Lipinski definition) is 1. The van der Waals surface area contributed by atoms with Crippen LogP contribution in [-0.2, 0) is 14.3 Å². The van der Waals surface area contributed by atoms with E-state index >= 15 is 0 Å². The SMILES string of the molecule is CCC(C)(C)C1CCC2(CC1)NC(=O)N(CC(=O)OC(C)c1nc(-c3cccnc3)no1)C2=O. The summed E-state index contributed by atoms with van der Waals surface area (Å²) < 4.78 is 10.6. The monoisotopic (exact) mass is 469 g/mol. The molecule has 0 radical (unpaired) electrons. The van der Waals surface area contributed by atoms with Crippen molar-refractivity contribution in [1.29, 1.82) is 0 Å². The average molecular weight is 470 g/mol. The van der Waals surface area contributed by atoms with Gasteiger partial charge in [-0.1, -0.05) is 32.3 Å². The van der Waals surface area contributed by atoms with E-state index in [-0.39, 0.29) is 17.2 Å². The average Bonchev–Trinajstić information content (AvgIpc) is 3.40. The highest BCUT2D eigenvalue weighted by Gasteiger charge is 2.54. The van der Waals surface area contributed by atoms with Gasteiger partial charge in [0.1, 0.15) is 12.1 Å². The quantitative estimate of drug-likeness (QED) is 0.481. The molecule has 1 saturated heterocycles. The maximum Gasteiger partial charge on any atom is 0.327 e. The number of nitrogens with zero attached hydrogens (tertiary/aromatic N) is 4. The van der Waals surface area contributed by atoms with Crippen LogP contribution in [0.15, 0.2) is 29.0 Å². The first kappa shape index (κ1) is 23.8. The number of amides is 3. The minimum Gasteiger partial charge on any atom is -0.451 e. The second-order valence-electron chi connectivity index (χ2n) is 9.85. The Labute approximate surface area is 198 Å². The molecule has 0 aromatic carbocycles. The molecule has 1 saturated carbocycles. The first-order valence-corrected chi connectivity index (χ1v) is 11.7. The molecule has 1 atom stereocenters. The fourth-order valence-corrected chi connectivity index (χ4v) is 4.77. The molecular formula is C24H31N5O5. The fraction of sp³-hybridized carbons (Fsp3) is 0.583. The third-order valence-corrected chi connectivity index (χ3v) is 7.41. The Balaban J connectivity index is 1.35.